The molecule has 0 radical (unpaired) electrons. The van der Waals surface area contributed by atoms with Crippen LogP contribution in [-0.4, -0.2) is 5.11 Å². The number of hydrogen-bond donors (Lipinski definition) is 2. The summed E-state index contributed by atoms with van der Waals surface area (Å²) in [5, 5.41) is 10.3. The number of hydrogen-bond acceptors (Lipinski definition) is 3. The summed E-state index contributed by atoms with van der Waals surface area (Å²) in [4.78, 5) is 0. The zero-order valence-corrected chi connectivity index (χ0v) is 10.4. The average molecular weight is 253 g/mol. The third kappa shape index (κ3) is 2.33. The standard InChI is InChI=1S/C16H15NO2/c17-15(9-11-5-7-12(18)8-6-11)14-10-19-16-4-2-1-3-13(14)16/h1-8,10,15,18H,9,17H2. The molecule has 0 bridgehead atoms. The van der Waals surface area contributed by atoms with Crippen molar-refractivity contribution >= 4 is 11.0 Å². The van der Waals surface area contributed by atoms with E-state index in [1.807, 2.05) is 36.4 Å². The van der Waals surface area contributed by atoms with Crippen LogP contribution in [0.5, 0.6) is 5.75 Å². The lowest BCUT2D eigenvalue weighted by molar-refractivity contribution is 0.475. The van der Waals surface area contributed by atoms with Crippen LogP contribution in [0.4, 0.5) is 0 Å². The largest absolute Gasteiger partial charge is 0.508 e. The monoisotopic (exact) mass is 253 g/mol. The van der Waals surface area contributed by atoms with Crippen LogP contribution in [0.15, 0.2) is 59.2 Å². The second kappa shape index (κ2) is 4.78. The van der Waals surface area contributed by atoms with E-state index in [-0.39, 0.29) is 11.8 Å². The van der Waals surface area contributed by atoms with Gasteiger partial charge in [0.15, 0.2) is 0 Å². The summed E-state index contributed by atoms with van der Waals surface area (Å²) in [5.41, 5.74) is 9.22. The second-order valence-electron chi connectivity index (χ2n) is 4.66. The summed E-state index contributed by atoms with van der Waals surface area (Å²) < 4.78 is 5.51. The fourth-order valence-corrected chi connectivity index (χ4v) is 2.28. The second-order valence-corrected chi connectivity index (χ2v) is 4.66. The Labute approximate surface area is 111 Å². The maximum Gasteiger partial charge on any atom is 0.134 e. The lowest BCUT2D eigenvalue weighted by Gasteiger charge is -2.10. The van der Waals surface area contributed by atoms with E-state index in [0.29, 0.717) is 6.42 Å². The number of fused-ring (bicyclic) bond motifs is 1. The van der Waals surface area contributed by atoms with E-state index in [1.54, 1.807) is 18.4 Å². The van der Waals surface area contributed by atoms with Gasteiger partial charge in [-0.05, 0) is 30.2 Å². The van der Waals surface area contributed by atoms with E-state index >= 15 is 0 Å². The number of phenolic OH excluding ortho intramolecular Hbond substituents is 1. The van der Waals surface area contributed by atoms with Crippen LogP contribution in [0.3, 0.4) is 0 Å². The molecule has 1 unspecified atom stereocenters. The van der Waals surface area contributed by atoms with Gasteiger partial charge in [-0.2, -0.15) is 0 Å². The molecule has 3 N–H and O–H groups in total. The predicted octanol–water partition coefficient (Wildman–Crippen LogP) is 3.38. The van der Waals surface area contributed by atoms with Gasteiger partial charge < -0.3 is 15.3 Å². The van der Waals surface area contributed by atoms with Crippen molar-refractivity contribution in [1.82, 2.24) is 0 Å². The van der Waals surface area contributed by atoms with Crippen molar-refractivity contribution in [2.75, 3.05) is 0 Å². The fourth-order valence-electron chi connectivity index (χ4n) is 2.28. The van der Waals surface area contributed by atoms with Crippen LogP contribution < -0.4 is 5.73 Å². The van der Waals surface area contributed by atoms with Gasteiger partial charge in [0.2, 0.25) is 0 Å². The minimum Gasteiger partial charge on any atom is -0.508 e. The maximum absolute atomic E-state index is 9.27. The Kier molecular flexibility index (Phi) is 2.97. The van der Waals surface area contributed by atoms with Crippen molar-refractivity contribution in [2.24, 2.45) is 5.73 Å². The number of aromatic hydroxyl groups is 1. The number of furan rings is 1. The molecule has 0 saturated heterocycles. The smallest absolute Gasteiger partial charge is 0.134 e. The third-order valence-electron chi connectivity index (χ3n) is 3.30. The van der Waals surface area contributed by atoms with Gasteiger partial charge in [0.05, 0.1) is 6.26 Å². The van der Waals surface area contributed by atoms with Gasteiger partial charge in [0, 0.05) is 17.0 Å². The molecule has 0 aliphatic rings. The molecule has 0 saturated carbocycles. The molecular weight excluding hydrogens is 238 g/mol. The van der Waals surface area contributed by atoms with Crippen molar-refractivity contribution in [1.29, 1.82) is 0 Å². The van der Waals surface area contributed by atoms with E-state index in [9.17, 15) is 5.11 Å². The fraction of sp³-hybridized carbons (Fsp3) is 0.125. The number of para-hydroxylation sites is 1. The Balaban J connectivity index is 1.87. The van der Waals surface area contributed by atoms with Crippen LogP contribution in [0.2, 0.25) is 0 Å². The summed E-state index contributed by atoms with van der Waals surface area (Å²) >= 11 is 0. The molecule has 0 fully saturated rings. The highest BCUT2D eigenvalue weighted by atomic mass is 16.3. The molecule has 0 amide bonds. The lowest BCUT2D eigenvalue weighted by atomic mass is 9.99. The lowest BCUT2D eigenvalue weighted by Crippen LogP contribution is -2.12. The van der Waals surface area contributed by atoms with Crippen molar-refractivity contribution in [3.05, 3.63) is 65.9 Å². The molecule has 3 rings (SSSR count). The zero-order valence-electron chi connectivity index (χ0n) is 10.4. The molecule has 0 aliphatic carbocycles. The van der Waals surface area contributed by atoms with Crippen LogP contribution in [-0.2, 0) is 6.42 Å². The van der Waals surface area contributed by atoms with E-state index in [2.05, 4.69) is 0 Å². The molecule has 3 heteroatoms. The quantitative estimate of drug-likeness (QED) is 0.752. The first-order valence-electron chi connectivity index (χ1n) is 6.23. The molecular formula is C16H15NO2. The van der Waals surface area contributed by atoms with Gasteiger partial charge >= 0.3 is 0 Å². The van der Waals surface area contributed by atoms with Crippen molar-refractivity contribution < 1.29 is 9.52 Å². The van der Waals surface area contributed by atoms with Gasteiger partial charge in [-0.3, -0.25) is 0 Å². The Morgan fingerprint density at radius 1 is 1.05 bits per heavy atom. The first kappa shape index (κ1) is 11.8. The van der Waals surface area contributed by atoms with Crippen LogP contribution in [0, 0.1) is 0 Å². The topological polar surface area (TPSA) is 59.4 Å². The molecule has 3 aromatic rings. The molecule has 0 spiro atoms. The number of nitrogens with two attached hydrogens (primary N) is 1. The van der Waals surface area contributed by atoms with E-state index in [0.717, 1.165) is 22.1 Å². The first-order valence-corrected chi connectivity index (χ1v) is 6.23. The molecule has 0 aliphatic heterocycles. The summed E-state index contributed by atoms with van der Waals surface area (Å²) in [6, 6.07) is 14.9. The van der Waals surface area contributed by atoms with Gasteiger partial charge in [0.25, 0.3) is 0 Å². The molecule has 3 nitrogen and oxygen atoms in total. The Hall–Kier alpha value is -2.26. The Morgan fingerprint density at radius 2 is 1.79 bits per heavy atom. The maximum atomic E-state index is 9.27. The first-order chi connectivity index (χ1) is 9.24. The van der Waals surface area contributed by atoms with E-state index < -0.39 is 0 Å². The highest BCUT2D eigenvalue weighted by Crippen LogP contribution is 2.27. The van der Waals surface area contributed by atoms with E-state index in [4.69, 9.17) is 10.2 Å². The van der Waals surface area contributed by atoms with E-state index in [1.165, 1.54) is 0 Å². The molecule has 1 atom stereocenters. The summed E-state index contributed by atoms with van der Waals surface area (Å²) in [5.74, 6) is 0.270. The minimum atomic E-state index is -0.117. The number of benzene rings is 2. The minimum absolute atomic E-state index is 0.117. The summed E-state index contributed by atoms with van der Waals surface area (Å²) in [7, 11) is 0. The van der Waals surface area contributed by atoms with Crippen LogP contribution >= 0.6 is 0 Å². The summed E-state index contributed by atoms with van der Waals surface area (Å²) in [6.45, 7) is 0. The van der Waals surface area contributed by atoms with Gasteiger partial charge in [-0.15, -0.1) is 0 Å². The number of rotatable bonds is 3. The van der Waals surface area contributed by atoms with Crippen LogP contribution in [0.25, 0.3) is 11.0 Å². The van der Waals surface area contributed by atoms with Gasteiger partial charge in [-0.25, -0.2) is 0 Å². The predicted molar refractivity (Wildman–Crippen MR) is 75.0 cm³/mol. The van der Waals surface area contributed by atoms with Crippen molar-refractivity contribution in [3.8, 4) is 5.75 Å². The molecule has 1 aromatic heterocycles. The highest BCUT2D eigenvalue weighted by Gasteiger charge is 2.13. The SMILES string of the molecule is NC(Cc1ccc(O)cc1)c1coc2ccccc12. The molecule has 1 heterocycles. The number of phenols is 1. The van der Waals surface area contributed by atoms with Crippen LogP contribution in [0.1, 0.15) is 17.2 Å². The highest BCUT2D eigenvalue weighted by molar-refractivity contribution is 5.81. The average Bonchev–Trinajstić information content (AvgIpc) is 2.85. The van der Waals surface area contributed by atoms with Gasteiger partial charge in [-0.1, -0.05) is 30.3 Å². The molecule has 19 heavy (non-hydrogen) atoms. The third-order valence-corrected chi connectivity index (χ3v) is 3.30. The van der Waals surface area contributed by atoms with Crippen molar-refractivity contribution in [2.45, 2.75) is 12.5 Å². The zero-order chi connectivity index (χ0) is 13.2. The normalized spacial score (nSPS) is 12.7. The summed E-state index contributed by atoms with van der Waals surface area (Å²) in [6.07, 6.45) is 2.44. The Bertz CT molecular complexity index is 685. The Morgan fingerprint density at radius 3 is 2.58 bits per heavy atom. The molecule has 96 valence electrons. The van der Waals surface area contributed by atoms with Crippen molar-refractivity contribution in [3.63, 3.8) is 0 Å². The molecule has 2 aromatic carbocycles. The van der Waals surface area contributed by atoms with Gasteiger partial charge in [0.1, 0.15) is 11.3 Å².